The zero-order chi connectivity index (χ0) is 10.1. The number of rotatable bonds is 7. The van der Waals surface area contributed by atoms with Gasteiger partial charge in [0.15, 0.2) is 0 Å². The summed E-state index contributed by atoms with van der Waals surface area (Å²) in [5.41, 5.74) is 0. The van der Waals surface area contributed by atoms with Crippen LogP contribution in [0.25, 0.3) is 0 Å². The molecule has 1 amide bonds. The van der Waals surface area contributed by atoms with Gasteiger partial charge in [-0.1, -0.05) is 6.92 Å². The van der Waals surface area contributed by atoms with E-state index in [4.69, 9.17) is 0 Å². The van der Waals surface area contributed by atoms with Gasteiger partial charge in [-0.2, -0.15) is 0 Å². The molecule has 0 bridgehead atoms. The topological polar surface area (TPSA) is 44.4 Å². The third-order valence-corrected chi connectivity index (χ3v) is 1.73. The van der Waals surface area contributed by atoms with Crippen molar-refractivity contribution in [2.24, 2.45) is 0 Å². The minimum Gasteiger partial charge on any atom is -0.355 e. The first kappa shape index (κ1) is 12.4. The van der Waals surface area contributed by atoms with Crippen molar-refractivity contribution in [3.63, 3.8) is 0 Å². The minimum atomic E-state index is 0.112. The van der Waals surface area contributed by atoms with Crippen LogP contribution >= 0.6 is 0 Å². The van der Waals surface area contributed by atoms with Crippen molar-refractivity contribution in [1.82, 2.24) is 15.5 Å². The summed E-state index contributed by atoms with van der Waals surface area (Å²) in [6.07, 6.45) is 0.992. The maximum Gasteiger partial charge on any atom is 0.234 e. The molecule has 0 aromatic rings. The fraction of sp³-hybridized carbons (Fsp3) is 0.889. The average Bonchev–Trinajstić information content (AvgIpc) is 2.11. The Morgan fingerprint density at radius 2 is 2.08 bits per heavy atom. The van der Waals surface area contributed by atoms with E-state index >= 15 is 0 Å². The molecule has 4 heteroatoms. The van der Waals surface area contributed by atoms with Crippen molar-refractivity contribution in [1.29, 1.82) is 0 Å². The molecule has 0 rings (SSSR count). The highest BCUT2D eigenvalue weighted by Crippen LogP contribution is 1.81. The largest absolute Gasteiger partial charge is 0.355 e. The van der Waals surface area contributed by atoms with E-state index in [1.54, 1.807) is 0 Å². The lowest BCUT2D eigenvalue weighted by atomic mass is 10.4. The van der Waals surface area contributed by atoms with Crippen LogP contribution in [0.15, 0.2) is 0 Å². The lowest BCUT2D eigenvalue weighted by Crippen LogP contribution is -2.37. The molecule has 0 radical (unpaired) electrons. The Kier molecular flexibility index (Phi) is 7.63. The highest BCUT2D eigenvalue weighted by molar-refractivity contribution is 5.77. The summed E-state index contributed by atoms with van der Waals surface area (Å²) >= 11 is 0. The first-order valence-corrected chi connectivity index (χ1v) is 4.80. The molecule has 0 aliphatic rings. The zero-order valence-corrected chi connectivity index (χ0v) is 8.89. The van der Waals surface area contributed by atoms with Gasteiger partial charge in [0, 0.05) is 19.6 Å². The molecule has 2 N–H and O–H groups in total. The van der Waals surface area contributed by atoms with E-state index in [2.05, 4.69) is 10.6 Å². The Morgan fingerprint density at radius 3 is 2.62 bits per heavy atom. The van der Waals surface area contributed by atoms with Crippen molar-refractivity contribution < 1.29 is 4.79 Å². The van der Waals surface area contributed by atoms with Gasteiger partial charge in [-0.05, 0) is 20.5 Å². The average molecular weight is 187 g/mol. The van der Waals surface area contributed by atoms with Crippen LogP contribution in [0.2, 0.25) is 0 Å². The number of carbonyl (C=O) groups excluding carboxylic acids is 1. The molecule has 0 aliphatic carbocycles. The molecule has 0 heterocycles. The smallest absolute Gasteiger partial charge is 0.234 e. The van der Waals surface area contributed by atoms with Crippen LogP contribution in [0.5, 0.6) is 0 Å². The Hall–Kier alpha value is -0.610. The SMILES string of the molecule is CCCNC(=O)CN(C)CCNC. The summed E-state index contributed by atoms with van der Waals surface area (Å²) in [6, 6.07) is 0. The molecule has 4 nitrogen and oxygen atoms in total. The van der Waals surface area contributed by atoms with Gasteiger partial charge in [0.1, 0.15) is 0 Å². The first-order valence-electron chi connectivity index (χ1n) is 4.80. The van der Waals surface area contributed by atoms with E-state index in [1.807, 2.05) is 25.9 Å². The summed E-state index contributed by atoms with van der Waals surface area (Å²) < 4.78 is 0. The van der Waals surface area contributed by atoms with Crippen LogP contribution in [-0.4, -0.2) is 51.1 Å². The van der Waals surface area contributed by atoms with Crippen molar-refractivity contribution in [2.75, 3.05) is 40.3 Å². The number of hydrogen-bond donors (Lipinski definition) is 2. The predicted molar refractivity (Wildman–Crippen MR) is 54.7 cm³/mol. The van der Waals surface area contributed by atoms with Crippen molar-refractivity contribution in [2.45, 2.75) is 13.3 Å². The predicted octanol–water partition coefficient (Wildman–Crippen LogP) is -0.336. The fourth-order valence-electron chi connectivity index (χ4n) is 0.947. The van der Waals surface area contributed by atoms with Gasteiger partial charge in [-0.15, -0.1) is 0 Å². The Labute approximate surface area is 80.7 Å². The quantitative estimate of drug-likeness (QED) is 0.573. The summed E-state index contributed by atoms with van der Waals surface area (Å²) in [6.45, 7) is 5.12. The summed E-state index contributed by atoms with van der Waals surface area (Å²) in [5.74, 6) is 0.112. The Bertz CT molecular complexity index is 139. The van der Waals surface area contributed by atoms with Crippen LogP contribution in [0.4, 0.5) is 0 Å². The molecule has 0 saturated heterocycles. The highest BCUT2D eigenvalue weighted by Gasteiger charge is 2.03. The van der Waals surface area contributed by atoms with Crippen molar-refractivity contribution in [3.05, 3.63) is 0 Å². The molecule has 78 valence electrons. The zero-order valence-electron chi connectivity index (χ0n) is 8.89. The normalized spacial score (nSPS) is 10.5. The highest BCUT2D eigenvalue weighted by atomic mass is 16.2. The van der Waals surface area contributed by atoms with Gasteiger partial charge in [0.25, 0.3) is 0 Å². The van der Waals surface area contributed by atoms with Gasteiger partial charge in [0.2, 0.25) is 5.91 Å². The second-order valence-corrected chi connectivity index (χ2v) is 3.19. The monoisotopic (exact) mass is 187 g/mol. The van der Waals surface area contributed by atoms with Crippen LogP contribution in [0.3, 0.4) is 0 Å². The first-order chi connectivity index (χ1) is 6.20. The molecule has 0 unspecified atom stereocenters. The lowest BCUT2D eigenvalue weighted by Gasteiger charge is -2.15. The molecule has 0 fully saturated rings. The number of amides is 1. The van der Waals surface area contributed by atoms with Crippen molar-refractivity contribution in [3.8, 4) is 0 Å². The third-order valence-electron chi connectivity index (χ3n) is 1.73. The van der Waals surface area contributed by atoms with Crippen LogP contribution in [-0.2, 0) is 4.79 Å². The van der Waals surface area contributed by atoms with Gasteiger partial charge >= 0.3 is 0 Å². The third kappa shape index (κ3) is 7.74. The molecule has 0 atom stereocenters. The summed E-state index contributed by atoms with van der Waals surface area (Å²) in [4.78, 5) is 13.2. The molecule has 0 aliphatic heterocycles. The van der Waals surface area contributed by atoms with E-state index in [1.165, 1.54) is 0 Å². The molecule has 0 saturated carbocycles. The maximum atomic E-state index is 11.2. The number of carbonyl (C=O) groups is 1. The van der Waals surface area contributed by atoms with E-state index in [0.717, 1.165) is 26.1 Å². The molecule has 13 heavy (non-hydrogen) atoms. The van der Waals surface area contributed by atoms with E-state index < -0.39 is 0 Å². The minimum absolute atomic E-state index is 0.112. The second-order valence-electron chi connectivity index (χ2n) is 3.19. The molecule has 0 aromatic carbocycles. The molecule has 0 aromatic heterocycles. The van der Waals surface area contributed by atoms with Gasteiger partial charge < -0.3 is 10.6 Å². The Balaban J connectivity index is 3.41. The Morgan fingerprint density at radius 1 is 1.38 bits per heavy atom. The summed E-state index contributed by atoms with van der Waals surface area (Å²) in [7, 11) is 3.86. The van der Waals surface area contributed by atoms with Crippen LogP contribution < -0.4 is 10.6 Å². The number of likely N-dealkylation sites (N-methyl/N-ethyl adjacent to an activating group) is 2. The number of nitrogens with zero attached hydrogens (tertiary/aromatic N) is 1. The number of hydrogen-bond acceptors (Lipinski definition) is 3. The lowest BCUT2D eigenvalue weighted by molar-refractivity contribution is -0.121. The van der Waals surface area contributed by atoms with Gasteiger partial charge in [-0.3, -0.25) is 9.69 Å². The van der Waals surface area contributed by atoms with E-state index in [0.29, 0.717) is 6.54 Å². The maximum absolute atomic E-state index is 11.2. The number of nitrogens with one attached hydrogen (secondary N) is 2. The van der Waals surface area contributed by atoms with E-state index in [-0.39, 0.29) is 5.91 Å². The summed E-state index contributed by atoms with van der Waals surface area (Å²) in [5, 5.41) is 5.88. The van der Waals surface area contributed by atoms with Gasteiger partial charge in [-0.25, -0.2) is 0 Å². The van der Waals surface area contributed by atoms with Crippen LogP contribution in [0, 0.1) is 0 Å². The molecular weight excluding hydrogens is 166 g/mol. The fourth-order valence-corrected chi connectivity index (χ4v) is 0.947. The molecule has 0 spiro atoms. The second kappa shape index (κ2) is 8.01. The van der Waals surface area contributed by atoms with Gasteiger partial charge in [0.05, 0.1) is 6.54 Å². The van der Waals surface area contributed by atoms with Crippen molar-refractivity contribution >= 4 is 5.91 Å². The van der Waals surface area contributed by atoms with E-state index in [9.17, 15) is 4.79 Å². The standard InChI is InChI=1S/C9H21N3O/c1-4-5-11-9(13)8-12(3)7-6-10-2/h10H,4-8H2,1-3H3,(H,11,13). The molecular formula is C9H21N3O. The van der Waals surface area contributed by atoms with Crippen LogP contribution in [0.1, 0.15) is 13.3 Å².